The number of nitrogens with one attached hydrogen (secondary N) is 1. The second-order valence-corrected chi connectivity index (χ2v) is 8.23. The van der Waals surface area contributed by atoms with Gasteiger partial charge in [-0.05, 0) is 63.2 Å². The van der Waals surface area contributed by atoms with Crippen LogP contribution in [0, 0.1) is 0 Å². The van der Waals surface area contributed by atoms with Crippen molar-refractivity contribution in [2.75, 3.05) is 25.1 Å². The van der Waals surface area contributed by atoms with E-state index in [1.807, 2.05) is 55.5 Å². The Hall–Kier alpha value is -4.72. The lowest BCUT2D eigenvalue weighted by Gasteiger charge is -2.13. The second-order valence-electron chi connectivity index (χ2n) is 8.23. The summed E-state index contributed by atoms with van der Waals surface area (Å²) in [6.45, 7) is 6.15. The predicted octanol–water partition coefficient (Wildman–Crippen LogP) is 5.91. The molecule has 1 N–H and O–H groups in total. The number of carbonyl (C=O) groups excluding carboxylic acids is 3. The number of anilines is 1. The highest BCUT2D eigenvalue weighted by atomic mass is 16.5. The first kappa shape index (κ1) is 26.3. The fourth-order valence-electron chi connectivity index (χ4n) is 3.99. The molecule has 0 spiro atoms. The van der Waals surface area contributed by atoms with Gasteiger partial charge in [0.05, 0.1) is 47.7 Å². The fourth-order valence-corrected chi connectivity index (χ4v) is 3.99. The van der Waals surface area contributed by atoms with Crippen LogP contribution in [0.1, 0.15) is 51.8 Å². The first-order valence-electron chi connectivity index (χ1n) is 12.4. The first-order chi connectivity index (χ1) is 18.4. The molecule has 194 valence electrons. The molecular weight excluding hydrogens is 484 g/mol. The molecule has 0 fully saturated rings. The maximum atomic E-state index is 13.6. The maximum absolute atomic E-state index is 13.6. The molecule has 1 heterocycles. The normalized spacial score (nSPS) is 10.6. The molecule has 0 saturated carbocycles. The van der Waals surface area contributed by atoms with Crippen molar-refractivity contribution in [3.63, 3.8) is 0 Å². The molecule has 0 unspecified atom stereocenters. The van der Waals surface area contributed by atoms with E-state index in [1.54, 1.807) is 19.9 Å². The number of nitrogens with zero attached hydrogens (tertiary/aromatic N) is 1. The van der Waals surface area contributed by atoms with Crippen molar-refractivity contribution in [1.82, 2.24) is 4.98 Å². The van der Waals surface area contributed by atoms with E-state index >= 15 is 0 Å². The molecule has 4 rings (SSSR count). The highest BCUT2D eigenvalue weighted by Crippen LogP contribution is 2.28. The lowest BCUT2D eigenvalue weighted by atomic mass is 10.0. The smallest absolute Gasteiger partial charge is 0.338 e. The minimum Gasteiger partial charge on any atom is -0.494 e. The lowest BCUT2D eigenvalue weighted by molar-refractivity contribution is 0.0525. The molecule has 0 atom stereocenters. The third kappa shape index (κ3) is 5.98. The molecule has 4 aromatic rings. The van der Waals surface area contributed by atoms with Gasteiger partial charge >= 0.3 is 11.9 Å². The SMILES string of the molecule is CCOC(=O)c1cc(NC(=O)c2cc(-c3cccc(OCC)c3)nc3ccccc23)cc(C(=O)OCC)c1. The third-order valence-electron chi connectivity index (χ3n) is 5.61. The highest BCUT2D eigenvalue weighted by molar-refractivity contribution is 6.13. The number of fused-ring (bicyclic) bond motifs is 1. The van der Waals surface area contributed by atoms with E-state index in [2.05, 4.69) is 5.32 Å². The van der Waals surface area contributed by atoms with Gasteiger partial charge in [0.15, 0.2) is 0 Å². The van der Waals surface area contributed by atoms with Crippen LogP contribution >= 0.6 is 0 Å². The van der Waals surface area contributed by atoms with Crippen LogP contribution in [0.2, 0.25) is 0 Å². The number of benzene rings is 3. The van der Waals surface area contributed by atoms with Crippen LogP contribution in [0.3, 0.4) is 0 Å². The molecular formula is C30H28N2O6. The molecule has 0 bridgehead atoms. The average molecular weight is 513 g/mol. The zero-order valence-corrected chi connectivity index (χ0v) is 21.4. The van der Waals surface area contributed by atoms with Crippen molar-refractivity contribution >= 4 is 34.4 Å². The van der Waals surface area contributed by atoms with E-state index in [-0.39, 0.29) is 30.0 Å². The second kappa shape index (κ2) is 12.0. The summed E-state index contributed by atoms with van der Waals surface area (Å²) in [5.74, 6) is -0.949. The van der Waals surface area contributed by atoms with Gasteiger partial charge in [-0.1, -0.05) is 30.3 Å². The van der Waals surface area contributed by atoms with Gasteiger partial charge in [0.2, 0.25) is 0 Å². The summed E-state index contributed by atoms with van der Waals surface area (Å²) in [6.07, 6.45) is 0. The number of hydrogen-bond donors (Lipinski definition) is 1. The van der Waals surface area contributed by atoms with E-state index in [9.17, 15) is 14.4 Å². The van der Waals surface area contributed by atoms with Crippen LogP contribution in [0.4, 0.5) is 5.69 Å². The summed E-state index contributed by atoms with van der Waals surface area (Å²) in [5, 5.41) is 3.48. The Morgan fingerprint density at radius 1 is 0.763 bits per heavy atom. The van der Waals surface area contributed by atoms with Crippen LogP contribution < -0.4 is 10.1 Å². The monoisotopic (exact) mass is 512 g/mol. The van der Waals surface area contributed by atoms with Gasteiger partial charge in [0.1, 0.15) is 5.75 Å². The molecule has 0 radical (unpaired) electrons. The van der Waals surface area contributed by atoms with Crippen molar-refractivity contribution in [2.45, 2.75) is 20.8 Å². The quantitative estimate of drug-likeness (QED) is 0.278. The van der Waals surface area contributed by atoms with Crippen molar-refractivity contribution in [2.24, 2.45) is 0 Å². The number of amides is 1. The van der Waals surface area contributed by atoms with Crippen LogP contribution in [0.5, 0.6) is 5.75 Å². The number of ether oxygens (including phenoxy) is 3. The number of para-hydroxylation sites is 1. The molecule has 8 heteroatoms. The number of aromatic nitrogens is 1. The maximum Gasteiger partial charge on any atom is 0.338 e. The molecule has 0 aliphatic rings. The zero-order valence-electron chi connectivity index (χ0n) is 21.4. The molecule has 0 aliphatic carbocycles. The van der Waals surface area contributed by atoms with Crippen LogP contribution in [0.25, 0.3) is 22.2 Å². The Balaban J connectivity index is 1.76. The number of rotatable bonds is 9. The summed E-state index contributed by atoms with van der Waals surface area (Å²) >= 11 is 0. The van der Waals surface area contributed by atoms with Gasteiger partial charge in [0.25, 0.3) is 5.91 Å². The van der Waals surface area contributed by atoms with Crippen LogP contribution in [0.15, 0.2) is 72.8 Å². The summed E-state index contributed by atoms with van der Waals surface area (Å²) in [6, 6.07) is 20.9. The zero-order chi connectivity index (χ0) is 27.1. The minimum atomic E-state index is -0.611. The van der Waals surface area contributed by atoms with E-state index in [1.165, 1.54) is 18.2 Å². The van der Waals surface area contributed by atoms with Crippen molar-refractivity contribution in [3.05, 3.63) is 89.5 Å². The Kier molecular flexibility index (Phi) is 8.33. The van der Waals surface area contributed by atoms with E-state index < -0.39 is 17.8 Å². The van der Waals surface area contributed by atoms with Gasteiger partial charge in [-0.3, -0.25) is 4.79 Å². The minimum absolute atomic E-state index is 0.126. The largest absolute Gasteiger partial charge is 0.494 e. The third-order valence-corrected chi connectivity index (χ3v) is 5.61. The molecule has 38 heavy (non-hydrogen) atoms. The summed E-state index contributed by atoms with van der Waals surface area (Å²) in [4.78, 5) is 43.2. The molecule has 0 aliphatic heterocycles. The summed E-state index contributed by atoms with van der Waals surface area (Å²) in [5.41, 5.74) is 2.93. The average Bonchev–Trinajstić information content (AvgIpc) is 2.93. The van der Waals surface area contributed by atoms with Crippen LogP contribution in [-0.4, -0.2) is 42.7 Å². The van der Waals surface area contributed by atoms with Crippen molar-refractivity contribution < 1.29 is 28.6 Å². The predicted molar refractivity (Wildman–Crippen MR) is 145 cm³/mol. The first-order valence-corrected chi connectivity index (χ1v) is 12.4. The fraction of sp³-hybridized carbons (Fsp3) is 0.200. The molecule has 1 aromatic heterocycles. The molecule has 1 amide bonds. The van der Waals surface area contributed by atoms with Crippen LogP contribution in [-0.2, 0) is 9.47 Å². The number of esters is 2. The van der Waals surface area contributed by atoms with Crippen molar-refractivity contribution in [3.8, 4) is 17.0 Å². The number of hydrogen-bond acceptors (Lipinski definition) is 7. The van der Waals surface area contributed by atoms with Gasteiger partial charge in [-0.25, -0.2) is 14.6 Å². The Labute approximate surface area is 220 Å². The topological polar surface area (TPSA) is 104 Å². The van der Waals surface area contributed by atoms with E-state index in [0.717, 1.165) is 5.56 Å². The lowest BCUT2D eigenvalue weighted by Crippen LogP contribution is -2.15. The van der Waals surface area contributed by atoms with E-state index in [4.69, 9.17) is 19.2 Å². The van der Waals surface area contributed by atoms with E-state index in [0.29, 0.717) is 34.5 Å². The Bertz CT molecular complexity index is 1460. The Morgan fingerprint density at radius 2 is 1.45 bits per heavy atom. The van der Waals surface area contributed by atoms with Gasteiger partial charge in [-0.2, -0.15) is 0 Å². The number of pyridine rings is 1. The van der Waals surface area contributed by atoms with Gasteiger partial charge < -0.3 is 19.5 Å². The molecule has 8 nitrogen and oxygen atoms in total. The van der Waals surface area contributed by atoms with Gasteiger partial charge in [-0.15, -0.1) is 0 Å². The summed E-state index contributed by atoms with van der Waals surface area (Å²) in [7, 11) is 0. The Morgan fingerprint density at radius 3 is 2.11 bits per heavy atom. The molecule has 0 saturated heterocycles. The summed E-state index contributed by atoms with van der Waals surface area (Å²) < 4.78 is 15.8. The molecule has 3 aromatic carbocycles. The standard InChI is InChI=1S/C30H28N2O6/c1-4-36-23-11-9-10-19(17-23)27-18-25(24-12-7-8-13-26(24)32-27)28(33)31-22-15-20(29(34)37-5-2)14-21(16-22)30(35)38-6-3/h7-18H,4-6H2,1-3H3,(H,31,33). The number of carbonyl (C=O) groups is 3. The highest BCUT2D eigenvalue weighted by Gasteiger charge is 2.18. The van der Waals surface area contributed by atoms with Gasteiger partial charge in [0, 0.05) is 16.6 Å². The van der Waals surface area contributed by atoms with Crippen molar-refractivity contribution in [1.29, 1.82) is 0 Å².